The summed E-state index contributed by atoms with van der Waals surface area (Å²) in [4.78, 5) is 24.7. The Bertz CT molecular complexity index is 553. The standard InChI is InChI=1S/C16H19NO4/c1-21-14-6-2-4-12(10-14)7-8-15(18)17-9-3-5-13(11-17)16(19)20/h2,4,6-8,10,13H,3,5,9,11H2,1H3,(H,19,20)/b8-7+/t13-/m0/s1. The number of methoxy groups -OCH3 is 1. The van der Waals surface area contributed by atoms with Crippen LogP contribution in [0.3, 0.4) is 0 Å². The van der Waals surface area contributed by atoms with Crippen LogP contribution in [0.4, 0.5) is 0 Å². The van der Waals surface area contributed by atoms with Crippen molar-refractivity contribution in [3.05, 3.63) is 35.9 Å². The van der Waals surface area contributed by atoms with Gasteiger partial charge in [0, 0.05) is 19.2 Å². The number of carboxylic acids is 1. The average Bonchev–Trinajstić information content (AvgIpc) is 2.53. The molecule has 0 aliphatic carbocycles. The van der Waals surface area contributed by atoms with Crippen molar-refractivity contribution < 1.29 is 19.4 Å². The molecule has 5 nitrogen and oxygen atoms in total. The molecular weight excluding hydrogens is 270 g/mol. The van der Waals surface area contributed by atoms with Gasteiger partial charge in [0.2, 0.25) is 5.91 Å². The summed E-state index contributed by atoms with van der Waals surface area (Å²) < 4.78 is 5.12. The molecule has 1 aromatic rings. The van der Waals surface area contributed by atoms with Crippen LogP contribution >= 0.6 is 0 Å². The highest BCUT2D eigenvalue weighted by molar-refractivity contribution is 5.92. The lowest BCUT2D eigenvalue weighted by Crippen LogP contribution is -2.41. The number of carboxylic acid groups (broad SMARTS) is 1. The number of hydrogen-bond donors (Lipinski definition) is 1. The Hall–Kier alpha value is -2.30. The second-order valence-corrected chi connectivity index (χ2v) is 5.07. The summed E-state index contributed by atoms with van der Waals surface area (Å²) in [6.07, 6.45) is 4.57. The van der Waals surface area contributed by atoms with Gasteiger partial charge in [0.05, 0.1) is 13.0 Å². The van der Waals surface area contributed by atoms with Crippen LogP contribution < -0.4 is 4.74 Å². The quantitative estimate of drug-likeness (QED) is 0.861. The fourth-order valence-electron chi connectivity index (χ4n) is 2.40. The van der Waals surface area contributed by atoms with E-state index < -0.39 is 11.9 Å². The van der Waals surface area contributed by atoms with Crippen molar-refractivity contribution in [2.24, 2.45) is 5.92 Å². The van der Waals surface area contributed by atoms with E-state index >= 15 is 0 Å². The Balaban J connectivity index is 1.99. The van der Waals surface area contributed by atoms with E-state index in [1.54, 1.807) is 18.1 Å². The van der Waals surface area contributed by atoms with Crippen LogP contribution in [-0.4, -0.2) is 42.1 Å². The van der Waals surface area contributed by atoms with E-state index in [-0.39, 0.29) is 12.5 Å². The van der Waals surface area contributed by atoms with E-state index in [0.717, 1.165) is 17.7 Å². The number of rotatable bonds is 4. The van der Waals surface area contributed by atoms with Gasteiger partial charge in [-0.3, -0.25) is 9.59 Å². The van der Waals surface area contributed by atoms with Crippen molar-refractivity contribution in [2.75, 3.05) is 20.2 Å². The number of amides is 1. The van der Waals surface area contributed by atoms with Crippen molar-refractivity contribution in [3.63, 3.8) is 0 Å². The Morgan fingerprint density at radius 2 is 2.24 bits per heavy atom. The second-order valence-electron chi connectivity index (χ2n) is 5.07. The first-order valence-corrected chi connectivity index (χ1v) is 6.94. The third kappa shape index (κ3) is 4.08. The van der Waals surface area contributed by atoms with E-state index in [1.165, 1.54) is 6.08 Å². The van der Waals surface area contributed by atoms with E-state index in [9.17, 15) is 9.59 Å². The van der Waals surface area contributed by atoms with Crippen LogP contribution in [0.2, 0.25) is 0 Å². The third-order valence-corrected chi connectivity index (χ3v) is 3.59. The summed E-state index contributed by atoms with van der Waals surface area (Å²) in [5, 5.41) is 9.03. The molecular formula is C16H19NO4. The summed E-state index contributed by atoms with van der Waals surface area (Å²) in [6, 6.07) is 7.40. The van der Waals surface area contributed by atoms with Crippen molar-refractivity contribution in [2.45, 2.75) is 12.8 Å². The molecule has 1 N–H and O–H groups in total. The molecule has 1 atom stereocenters. The van der Waals surface area contributed by atoms with E-state index in [1.807, 2.05) is 24.3 Å². The summed E-state index contributed by atoms with van der Waals surface area (Å²) in [6.45, 7) is 0.904. The summed E-state index contributed by atoms with van der Waals surface area (Å²) in [5.41, 5.74) is 0.870. The summed E-state index contributed by atoms with van der Waals surface area (Å²) in [5.74, 6) is -0.700. The topological polar surface area (TPSA) is 66.8 Å². The molecule has 0 saturated carbocycles. The minimum absolute atomic E-state index is 0.149. The molecule has 112 valence electrons. The maximum atomic E-state index is 12.1. The van der Waals surface area contributed by atoms with E-state index in [4.69, 9.17) is 9.84 Å². The molecule has 0 bridgehead atoms. The zero-order valence-corrected chi connectivity index (χ0v) is 12.0. The highest BCUT2D eigenvalue weighted by Gasteiger charge is 2.26. The van der Waals surface area contributed by atoms with Crippen molar-refractivity contribution in [3.8, 4) is 5.75 Å². The monoisotopic (exact) mass is 289 g/mol. The van der Waals surface area contributed by atoms with Crippen LogP contribution in [0.15, 0.2) is 30.3 Å². The molecule has 1 heterocycles. The fraction of sp³-hybridized carbons (Fsp3) is 0.375. The molecule has 0 aromatic heterocycles. The van der Waals surface area contributed by atoms with Gasteiger partial charge >= 0.3 is 5.97 Å². The molecule has 0 radical (unpaired) electrons. The van der Waals surface area contributed by atoms with E-state index in [0.29, 0.717) is 13.0 Å². The highest BCUT2D eigenvalue weighted by atomic mass is 16.5. The number of carbonyl (C=O) groups excluding carboxylic acids is 1. The number of nitrogens with zero attached hydrogens (tertiary/aromatic N) is 1. The normalized spacial score (nSPS) is 18.7. The Labute approximate surface area is 123 Å². The fourth-order valence-corrected chi connectivity index (χ4v) is 2.40. The lowest BCUT2D eigenvalue weighted by atomic mass is 9.98. The first-order chi connectivity index (χ1) is 10.1. The summed E-state index contributed by atoms with van der Waals surface area (Å²) >= 11 is 0. The van der Waals surface area contributed by atoms with Crippen molar-refractivity contribution in [1.29, 1.82) is 0 Å². The maximum absolute atomic E-state index is 12.1. The smallest absolute Gasteiger partial charge is 0.308 e. The maximum Gasteiger partial charge on any atom is 0.308 e. The minimum atomic E-state index is -0.829. The Kier molecular flexibility index (Phi) is 4.98. The van der Waals surface area contributed by atoms with Crippen LogP contribution in [0.25, 0.3) is 6.08 Å². The van der Waals surface area contributed by atoms with Gasteiger partial charge in [-0.05, 0) is 36.6 Å². The van der Waals surface area contributed by atoms with Gasteiger partial charge in [-0.25, -0.2) is 0 Å². The van der Waals surface area contributed by atoms with Crippen LogP contribution in [-0.2, 0) is 9.59 Å². The molecule has 0 spiro atoms. The van der Waals surface area contributed by atoms with Crippen LogP contribution in [0.5, 0.6) is 5.75 Å². The molecule has 1 aliphatic heterocycles. The molecule has 5 heteroatoms. The van der Waals surface area contributed by atoms with Crippen molar-refractivity contribution >= 4 is 18.0 Å². The minimum Gasteiger partial charge on any atom is -0.497 e. The van der Waals surface area contributed by atoms with Gasteiger partial charge in [0.1, 0.15) is 5.75 Å². The molecule has 1 fully saturated rings. The first-order valence-electron chi connectivity index (χ1n) is 6.94. The van der Waals surface area contributed by atoms with Crippen LogP contribution in [0, 0.1) is 5.92 Å². The van der Waals surface area contributed by atoms with Gasteiger partial charge in [0.25, 0.3) is 0 Å². The highest BCUT2D eigenvalue weighted by Crippen LogP contribution is 2.18. The average molecular weight is 289 g/mol. The lowest BCUT2D eigenvalue weighted by molar-refractivity contribution is -0.144. The molecule has 1 aromatic carbocycles. The molecule has 1 aliphatic rings. The van der Waals surface area contributed by atoms with Gasteiger partial charge in [-0.2, -0.15) is 0 Å². The number of benzene rings is 1. The largest absolute Gasteiger partial charge is 0.497 e. The first kappa shape index (κ1) is 15.1. The SMILES string of the molecule is COc1cccc(/C=C/C(=O)N2CCC[C@H](C(=O)O)C2)c1. The number of ether oxygens (including phenoxy) is 1. The number of hydrogen-bond acceptors (Lipinski definition) is 3. The molecule has 21 heavy (non-hydrogen) atoms. The predicted molar refractivity (Wildman–Crippen MR) is 79.0 cm³/mol. The number of carbonyl (C=O) groups is 2. The summed E-state index contributed by atoms with van der Waals surface area (Å²) in [7, 11) is 1.59. The second kappa shape index (κ2) is 6.92. The van der Waals surface area contributed by atoms with Crippen LogP contribution in [0.1, 0.15) is 18.4 Å². The van der Waals surface area contributed by atoms with Gasteiger partial charge in [-0.15, -0.1) is 0 Å². The Morgan fingerprint density at radius 1 is 1.43 bits per heavy atom. The lowest BCUT2D eigenvalue weighted by Gasteiger charge is -2.29. The zero-order chi connectivity index (χ0) is 15.2. The van der Waals surface area contributed by atoms with E-state index in [2.05, 4.69) is 0 Å². The molecule has 1 saturated heterocycles. The number of piperidine rings is 1. The van der Waals surface area contributed by atoms with Gasteiger partial charge in [0.15, 0.2) is 0 Å². The number of likely N-dealkylation sites (tertiary alicyclic amines) is 1. The molecule has 0 unspecified atom stereocenters. The van der Waals surface area contributed by atoms with Crippen molar-refractivity contribution in [1.82, 2.24) is 4.90 Å². The van der Waals surface area contributed by atoms with Gasteiger partial charge < -0.3 is 14.7 Å². The Morgan fingerprint density at radius 3 is 2.95 bits per heavy atom. The molecule has 2 rings (SSSR count). The third-order valence-electron chi connectivity index (χ3n) is 3.59. The van der Waals surface area contributed by atoms with Gasteiger partial charge in [-0.1, -0.05) is 12.1 Å². The number of aliphatic carboxylic acids is 1. The molecule has 1 amide bonds. The zero-order valence-electron chi connectivity index (χ0n) is 12.0. The predicted octanol–water partition coefficient (Wildman–Crippen LogP) is 2.03.